The summed E-state index contributed by atoms with van der Waals surface area (Å²) in [5, 5.41) is 0. The molecule has 0 aliphatic heterocycles. The van der Waals surface area contributed by atoms with Crippen molar-refractivity contribution in [2.45, 2.75) is 168 Å². The fraction of sp³-hybridized carbons (Fsp3) is 0.909. The second-order valence-electron chi connectivity index (χ2n) is 11.5. The van der Waals surface area contributed by atoms with Crippen LogP contribution in [0.3, 0.4) is 0 Å². The second-order valence-corrected chi connectivity index (χ2v) is 12.9. The van der Waals surface area contributed by atoms with E-state index in [1.165, 1.54) is 109 Å². The van der Waals surface area contributed by atoms with Gasteiger partial charge in [0.25, 0.3) is 0 Å². The van der Waals surface area contributed by atoms with E-state index in [1.807, 2.05) is 6.08 Å². The first kappa shape index (κ1) is 41.1. The van der Waals surface area contributed by atoms with Crippen molar-refractivity contribution in [1.29, 1.82) is 0 Å². The highest BCUT2D eigenvalue weighted by Crippen LogP contribution is 2.43. The fourth-order valence-corrected chi connectivity index (χ4v) is 5.49. The Morgan fingerprint density at radius 1 is 0.714 bits per heavy atom. The molecule has 0 aromatic heterocycles. The van der Waals surface area contributed by atoms with Crippen molar-refractivity contribution in [2.24, 2.45) is 5.73 Å². The van der Waals surface area contributed by atoms with E-state index in [0.717, 1.165) is 32.1 Å². The molecule has 0 radical (unpaired) electrons. The molecule has 250 valence electrons. The highest BCUT2D eigenvalue weighted by molar-refractivity contribution is 7.47. The largest absolute Gasteiger partial charge is 0.498 e. The van der Waals surface area contributed by atoms with Gasteiger partial charge in [-0.2, -0.15) is 0 Å². The van der Waals surface area contributed by atoms with Crippen molar-refractivity contribution in [3.05, 3.63) is 12.3 Å². The number of hydrogen-bond donors (Lipinski definition) is 2. The van der Waals surface area contributed by atoms with Crippen LogP contribution in [0.1, 0.15) is 162 Å². The van der Waals surface area contributed by atoms with Crippen LogP contribution in [0.15, 0.2) is 12.3 Å². The first-order valence-electron chi connectivity index (χ1n) is 17.2. The number of unbranched alkanes of at least 4 members (excludes halogenated alkanes) is 20. The molecule has 0 spiro atoms. The number of ether oxygens (including phenoxy) is 2. The highest BCUT2D eigenvalue weighted by Gasteiger charge is 2.25. The molecule has 0 rings (SSSR count). The van der Waals surface area contributed by atoms with Gasteiger partial charge in [-0.3, -0.25) is 13.8 Å². The maximum absolute atomic E-state index is 12.4. The number of nitrogens with two attached hydrogens (primary N) is 1. The average molecular weight is 620 g/mol. The molecule has 0 aliphatic carbocycles. The molecule has 9 heteroatoms. The Morgan fingerprint density at radius 2 is 1.19 bits per heavy atom. The maximum atomic E-state index is 12.4. The molecule has 0 heterocycles. The van der Waals surface area contributed by atoms with Gasteiger partial charge in [0.1, 0.15) is 6.61 Å². The lowest BCUT2D eigenvalue weighted by atomic mass is 10.1. The number of phosphoric ester groups is 1. The van der Waals surface area contributed by atoms with E-state index in [-0.39, 0.29) is 32.3 Å². The van der Waals surface area contributed by atoms with Crippen LogP contribution in [0.4, 0.5) is 0 Å². The van der Waals surface area contributed by atoms with E-state index in [2.05, 4.69) is 13.8 Å². The molecule has 0 saturated carbocycles. The molecule has 0 aromatic rings. The first-order valence-corrected chi connectivity index (χ1v) is 18.7. The predicted octanol–water partition coefficient (Wildman–Crippen LogP) is 9.53. The molecule has 3 N–H and O–H groups in total. The minimum atomic E-state index is -4.27. The summed E-state index contributed by atoms with van der Waals surface area (Å²) in [5.74, 6) is -0.354. The van der Waals surface area contributed by atoms with Crippen molar-refractivity contribution in [1.82, 2.24) is 0 Å². The molecule has 0 saturated heterocycles. The lowest BCUT2D eigenvalue weighted by Gasteiger charge is -2.19. The minimum absolute atomic E-state index is 0.0371. The molecule has 0 bridgehead atoms. The van der Waals surface area contributed by atoms with Crippen LogP contribution in [-0.2, 0) is 27.9 Å². The molecule has 0 aliphatic rings. The maximum Gasteiger partial charge on any atom is 0.472 e. The van der Waals surface area contributed by atoms with Gasteiger partial charge in [-0.05, 0) is 25.3 Å². The number of esters is 1. The van der Waals surface area contributed by atoms with Gasteiger partial charge in [-0.1, -0.05) is 136 Å². The number of carbonyl (C=O) groups is 1. The van der Waals surface area contributed by atoms with Crippen molar-refractivity contribution in [3.63, 3.8) is 0 Å². The van der Waals surface area contributed by atoms with Gasteiger partial charge in [0.15, 0.2) is 6.10 Å². The Bertz CT molecular complexity index is 662. The van der Waals surface area contributed by atoms with Gasteiger partial charge in [0.2, 0.25) is 0 Å². The van der Waals surface area contributed by atoms with Crippen molar-refractivity contribution in [2.75, 3.05) is 26.4 Å². The summed E-state index contributed by atoms with van der Waals surface area (Å²) < 4.78 is 32.9. The topological polar surface area (TPSA) is 117 Å². The summed E-state index contributed by atoms with van der Waals surface area (Å²) in [4.78, 5) is 22.2. The summed E-state index contributed by atoms with van der Waals surface area (Å²) in [6.45, 7) is 4.22. The number of rotatable bonds is 33. The van der Waals surface area contributed by atoms with Crippen molar-refractivity contribution >= 4 is 13.8 Å². The summed E-state index contributed by atoms with van der Waals surface area (Å²) in [6.07, 6.45) is 30.2. The van der Waals surface area contributed by atoms with Gasteiger partial charge < -0.3 is 20.1 Å². The van der Waals surface area contributed by atoms with E-state index < -0.39 is 13.9 Å². The quantitative estimate of drug-likeness (QED) is 0.0323. The minimum Gasteiger partial charge on any atom is -0.498 e. The van der Waals surface area contributed by atoms with E-state index in [1.54, 1.807) is 6.26 Å². The number of hydrogen-bond acceptors (Lipinski definition) is 7. The van der Waals surface area contributed by atoms with E-state index in [0.29, 0.717) is 6.42 Å². The van der Waals surface area contributed by atoms with Crippen LogP contribution in [0.5, 0.6) is 0 Å². The predicted molar refractivity (Wildman–Crippen MR) is 173 cm³/mol. The number of allylic oxidation sites excluding steroid dienone is 1. The summed E-state index contributed by atoms with van der Waals surface area (Å²) >= 11 is 0. The standard InChI is InChI=1S/C33H66NO7P/c1-3-5-7-9-11-13-15-17-19-21-23-25-28-38-30-32(31-40-42(36,37)39-29-27-34)41-33(35)26-24-22-20-18-16-14-12-10-8-6-4-2/h25,28,32H,3-24,26-27,29-31,34H2,1-2H3,(H,36,37)/b28-25-/t32-/m1/s1. The van der Waals surface area contributed by atoms with Crippen LogP contribution in [0.2, 0.25) is 0 Å². The first-order chi connectivity index (χ1) is 20.4. The molecule has 42 heavy (non-hydrogen) atoms. The van der Waals surface area contributed by atoms with Gasteiger partial charge in [-0.25, -0.2) is 4.57 Å². The molecule has 8 nitrogen and oxygen atoms in total. The molecule has 0 amide bonds. The summed E-state index contributed by atoms with van der Waals surface area (Å²) in [7, 11) is -4.27. The molecule has 0 aromatic carbocycles. The Kier molecular flexibility index (Phi) is 30.8. The highest BCUT2D eigenvalue weighted by atomic mass is 31.2. The molecule has 1 unspecified atom stereocenters. The fourth-order valence-electron chi connectivity index (χ4n) is 4.73. The zero-order chi connectivity index (χ0) is 31.0. The zero-order valence-electron chi connectivity index (χ0n) is 27.2. The van der Waals surface area contributed by atoms with Crippen LogP contribution >= 0.6 is 7.82 Å². The Balaban J connectivity index is 4.19. The third-order valence-electron chi connectivity index (χ3n) is 7.28. The van der Waals surface area contributed by atoms with E-state index >= 15 is 0 Å². The van der Waals surface area contributed by atoms with Gasteiger partial charge in [0.05, 0.1) is 19.5 Å². The lowest BCUT2D eigenvalue weighted by Crippen LogP contribution is -2.27. The van der Waals surface area contributed by atoms with Gasteiger partial charge in [0, 0.05) is 13.0 Å². The van der Waals surface area contributed by atoms with Gasteiger partial charge in [-0.15, -0.1) is 0 Å². The van der Waals surface area contributed by atoms with E-state index in [4.69, 9.17) is 24.3 Å². The molecular formula is C33H66NO7P. The molecule has 0 fully saturated rings. The van der Waals surface area contributed by atoms with E-state index in [9.17, 15) is 14.3 Å². The normalized spacial score (nSPS) is 13.8. The third kappa shape index (κ3) is 30.5. The zero-order valence-corrected chi connectivity index (χ0v) is 28.1. The van der Waals surface area contributed by atoms with Crippen molar-refractivity contribution in [3.8, 4) is 0 Å². The van der Waals surface area contributed by atoms with Crippen LogP contribution in [-0.4, -0.2) is 43.3 Å². The lowest BCUT2D eigenvalue weighted by molar-refractivity contribution is -0.153. The number of carbonyl (C=O) groups excluding carboxylic acids is 1. The average Bonchev–Trinajstić information content (AvgIpc) is 2.97. The van der Waals surface area contributed by atoms with Crippen LogP contribution in [0.25, 0.3) is 0 Å². The van der Waals surface area contributed by atoms with Gasteiger partial charge >= 0.3 is 13.8 Å². The molecular weight excluding hydrogens is 553 g/mol. The smallest absolute Gasteiger partial charge is 0.472 e. The monoisotopic (exact) mass is 619 g/mol. The van der Waals surface area contributed by atoms with Crippen LogP contribution < -0.4 is 5.73 Å². The summed E-state index contributed by atoms with van der Waals surface area (Å²) in [6, 6.07) is 0. The second kappa shape index (κ2) is 31.5. The van der Waals surface area contributed by atoms with Crippen LogP contribution in [0, 0.1) is 0 Å². The Hall–Kier alpha value is -0.920. The third-order valence-corrected chi connectivity index (χ3v) is 8.26. The number of phosphoric acid groups is 1. The Labute approximate surface area is 258 Å². The Morgan fingerprint density at radius 3 is 1.69 bits per heavy atom. The SMILES string of the molecule is CCCCCCCCCCCC/C=C\OC[C@H](COP(=O)(O)OCCN)OC(=O)CCCCCCCCCCCCC. The molecule has 2 atom stereocenters. The van der Waals surface area contributed by atoms with Crippen molar-refractivity contribution < 1.29 is 32.8 Å². The summed E-state index contributed by atoms with van der Waals surface area (Å²) in [5.41, 5.74) is 5.33.